The molecule has 1 aromatic carbocycles. The molecular formula is C10H6FNO3. The average Bonchev–Trinajstić information content (AvgIpc) is 2.70. The number of hydrogen-bond donors (Lipinski definition) is 1. The lowest BCUT2D eigenvalue weighted by molar-refractivity contribution is 0.0697. The van der Waals surface area contributed by atoms with Gasteiger partial charge in [-0.2, -0.15) is 0 Å². The molecule has 0 aliphatic heterocycles. The predicted octanol–water partition coefficient (Wildman–Crippen LogP) is 2.18. The van der Waals surface area contributed by atoms with Crippen LogP contribution in [-0.2, 0) is 0 Å². The van der Waals surface area contributed by atoms with E-state index in [9.17, 15) is 9.18 Å². The van der Waals surface area contributed by atoms with Crippen LogP contribution in [0.15, 0.2) is 35.1 Å². The van der Waals surface area contributed by atoms with E-state index in [0.717, 1.165) is 12.1 Å². The van der Waals surface area contributed by atoms with Crippen molar-refractivity contribution in [3.63, 3.8) is 0 Å². The zero-order valence-corrected chi connectivity index (χ0v) is 7.48. The van der Waals surface area contributed by atoms with Gasteiger partial charge in [0.25, 0.3) is 0 Å². The fourth-order valence-electron chi connectivity index (χ4n) is 1.24. The minimum Gasteiger partial charge on any atom is -0.478 e. The molecule has 15 heavy (non-hydrogen) atoms. The first-order chi connectivity index (χ1) is 7.18. The lowest BCUT2D eigenvalue weighted by Crippen LogP contribution is -2.00. The van der Waals surface area contributed by atoms with Crippen LogP contribution in [0, 0.1) is 5.82 Å². The molecule has 5 heteroatoms. The molecule has 0 amide bonds. The fourth-order valence-corrected chi connectivity index (χ4v) is 1.24. The van der Waals surface area contributed by atoms with E-state index >= 15 is 0 Å². The standard InChI is InChI=1S/C10H6FNO3/c11-6-1-2-7(8(5-6)10(13)14)9-12-3-4-15-9/h1-5H,(H,13,14). The monoisotopic (exact) mass is 207 g/mol. The zero-order chi connectivity index (χ0) is 10.8. The van der Waals surface area contributed by atoms with Crippen LogP contribution in [0.5, 0.6) is 0 Å². The number of nitrogens with zero attached hydrogens (tertiary/aromatic N) is 1. The summed E-state index contributed by atoms with van der Waals surface area (Å²) in [6.45, 7) is 0. The Morgan fingerprint density at radius 3 is 2.87 bits per heavy atom. The molecule has 0 aliphatic carbocycles. The second-order valence-corrected chi connectivity index (χ2v) is 2.83. The van der Waals surface area contributed by atoms with Crippen molar-refractivity contribution in [3.8, 4) is 11.5 Å². The maximum atomic E-state index is 12.8. The van der Waals surface area contributed by atoms with Crippen molar-refractivity contribution >= 4 is 5.97 Å². The third-order valence-electron chi connectivity index (χ3n) is 1.87. The molecule has 0 spiro atoms. The van der Waals surface area contributed by atoms with Gasteiger partial charge in [0.1, 0.15) is 12.1 Å². The first kappa shape index (κ1) is 9.39. The molecule has 4 nitrogen and oxygen atoms in total. The molecule has 0 bridgehead atoms. The van der Waals surface area contributed by atoms with Crippen LogP contribution < -0.4 is 0 Å². The van der Waals surface area contributed by atoms with Crippen molar-refractivity contribution in [2.45, 2.75) is 0 Å². The van der Waals surface area contributed by atoms with Crippen molar-refractivity contribution < 1.29 is 18.7 Å². The lowest BCUT2D eigenvalue weighted by atomic mass is 10.1. The summed E-state index contributed by atoms with van der Waals surface area (Å²) in [6.07, 6.45) is 2.72. The van der Waals surface area contributed by atoms with Gasteiger partial charge in [-0.05, 0) is 18.2 Å². The van der Waals surface area contributed by atoms with Crippen molar-refractivity contribution in [2.75, 3.05) is 0 Å². The predicted molar refractivity (Wildman–Crippen MR) is 48.9 cm³/mol. The number of carboxylic acid groups (broad SMARTS) is 1. The van der Waals surface area contributed by atoms with E-state index < -0.39 is 11.8 Å². The Hall–Kier alpha value is -2.17. The van der Waals surface area contributed by atoms with Crippen LogP contribution >= 0.6 is 0 Å². The third kappa shape index (κ3) is 1.71. The van der Waals surface area contributed by atoms with Gasteiger partial charge in [-0.3, -0.25) is 0 Å². The molecule has 76 valence electrons. The van der Waals surface area contributed by atoms with Gasteiger partial charge in [-0.15, -0.1) is 0 Å². The van der Waals surface area contributed by atoms with Gasteiger partial charge in [0.05, 0.1) is 17.3 Å². The van der Waals surface area contributed by atoms with Crippen LogP contribution in [0.3, 0.4) is 0 Å². The number of benzene rings is 1. The van der Waals surface area contributed by atoms with Crippen LogP contribution in [0.25, 0.3) is 11.5 Å². The van der Waals surface area contributed by atoms with Crippen molar-refractivity contribution in [1.29, 1.82) is 0 Å². The Labute approximate surface area is 84.0 Å². The van der Waals surface area contributed by atoms with Crippen molar-refractivity contribution in [1.82, 2.24) is 4.98 Å². The van der Waals surface area contributed by atoms with E-state index in [2.05, 4.69) is 4.98 Å². The van der Waals surface area contributed by atoms with E-state index in [1.807, 2.05) is 0 Å². The van der Waals surface area contributed by atoms with Crippen LogP contribution in [-0.4, -0.2) is 16.1 Å². The summed E-state index contributed by atoms with van der Waals surface area (Å²) >= 11 is 0. The van der Waals surface area contributed by atoms with E-state index in [-0.39, 0.29) is 17.0 Å². The first-order valence-corrected chi connectivity index (χ1v) is 4.11. The quantitative estimate of drug-likeness (QED) is 0.819. The second kappa shape index (κ2) is 3.53. The number of halogens is 1. The van der Waals surface area contributed by atoms with E-state index in [4.69, 9.17) is 9.52 Å². The second-order valence-electron chi connectivity index (χ2n) is 2.83. The molecule has 2 rings (SSSR count). The number of aromatic carboxylic acids is 1. The summed E-state index contributed by atoms with van der Waals surface area (Å²) in [5.41, 5.74) is 0.0892. The molecule has 0 saturated heterocycles. The van der Waals surface area contributed by atoms with Gasteiger partial charge in [0, 0.05) is 0 Å². The molecule has 0 fully saturated rings. The number of oxazole rings is 1. The molecule has 0 unspecified atom stereocenters. The number of aromatic nitrogens is 1. The van der Waals surface area contributed by atoms with Crippen LogP contribution in [0.4, 0.5) is 4.39 Å². The summed E-state index contributed by atoms with van der Waals surface area (Å²) in [6, 6.07) is 3.42. The number of hydrogen-bond acceptors (Lipinski definition) is 3. The highest BCUT2D eigenvalue weighted by Crippen LogP contribution is 2.22. The van der Waals surface area contributed by atoms with E-state index in [0.29, 0.717) is 0 Å². The number of carboxylic acids is 1. The Morgan fingerprint density at radius 2 is 2.27 bits per heavy atom. The van der Waals surface area contributed by atoms with Crippen LogP contribution in [0.2, 0.25) is 0 Å². The Morgan fingerprint density at radius 1 is 1.47 bits per heavy atom. The Kier molecular flexibility index (Phi) is 2.21. The van der Waals surface area contributed by atoms with Gasteiger partial charge >= 0.3 is 5.97 Å². The SMILES string of the molecule is O=C(O)c1cc(F)ccc1-c1ncco1. The summed E-state index contributed by atoms with van der Waals surface area (Å²) in [5, 5.41) is 8.85. The number of rotatable bonds is 2. The smallest absolute Gasteiger partial charge is 0.336 e. The fraction of sp³-hybridized carbons (Fsp3) is 0. The summed E-state index contributed by atoms with van der Waals surface area (Å²) < 4.78 is 17.8. The maximum Gasteiger partial charge on any atom is 0.336 e. The average molecular weight is 207 g/mol. The van der Waals surface area contributed by atoms with Gasteiger partial charge in [-0.25, -0.2) is 14.2 Å². The van der Waals surface area contributed by atoms with Crippen molar-refractivity contribution in [3.05, 3.63) is 42.0 Å². The first-order valence-electron chi connectivity index (χ1n) is 4.11. The summed E-state index contributed by atoms with van der Waals surface area (Å²) in [7, 11) is 0. The summed E-state index contributed by atoms with van der Waals surface area (Å²) in [4.78, 5) is 14.6. The molecule has 1 aromatic heterocycles. The molecule has 0 saturated carbocycles. The van der Waals surface area contributed by atoms with Gasteiger partial charge in [0.2, 0.25) is 5.89 Å². The molecular weight excluding hydrogens is 201 g/mol. The zero-order valence-electron chi connectivity index (χ0n) is 7.48. The maximum absolute atomic E-state index is 12.8. The largest absolute Gasteiger partial charge is 0.478 e. The normalized spacial score (nSPS) is 10.2. The van der Waals surface area contributed by atoms with Gasteiger partial charge in [-0.1, -0.05) is 0 Å². The Bertz CT molecular complexity index is 493. The molecule has 1 N–H and O–H groups in total. The highest BCUT2D eigenvalue weighted by molar-refractivity contribution is 5.94. The van der Waals surface area contributed by atoms with Crippen molar-refractivity contribution in [2.24, 2.45) is 0 Å². The lowest BCUT2D eigenvalue weighted by Gasteiger charge is -2.01. The summed E-state index contributed by atoms with van der Waals surface area (Å²) in [5.74, 6) is -1.67. The third-order valence-corrected chi connectivity index (χ3v) is 1.87. The molecule has 0 aliphatic rings. The van der Waals surface area contributed by atoms with Gasteiger partial charge in [0.15, 0.2) is 0 Å². The molecule has 2 aromatic rings. The van der Waals surface area contributed by atoms with Crippen LogP contribution in [0.1, 0.15) is 10.4 Å². The topological polar surface area (TPSA) is 63.3 Å². The highest BCUT2D eigenvalue weighted by Gasteiger charge is 2.15. The van der Waals surface area contributed by atoms with E-state index in [1.165, 1.54) is 18.5 Å². The minimum atomic E-state index is -1.22. The minimum absolute atomic E-state index is 0.160. The van der Waals surface area contributed by atoms with Gasteiger partial charge < -0.3 is 9.52 Å². The van der Waals surface area contributed by atoms with E-state index in [1.54, 1.807) is 0 Å². The highest BCUT2D eigenvalue weighted by atomic mass is 19.1. The molecule has 0 radical (unpaired) electrons. The molecule has 1 heterocycles. The Balaban J connectivity index is 2.61. The number of carbonyl (C=O) groups is 1. The molecule has 0 atom stereocenters.